The van der Waals surface area contributed by atoms with Crippen LogP contribution in [0.1, 0.15) is 25.8 Å². The normalized spacial score (nSPS) is 11.6. The lowest BCUT2D eigenvalue weighted by Crippen LogP contribution is -2.32. The number of carbonyl (C=O) groups is 1. The molecule has 7 nitrogen and oxygen atoms in total. The van der Waals surface area contributed by atoms with E-state index in [1.165, 1.54) is 24.3 Å². The molecule has 1 unspecified atom stereocenters. The van der Waals surface area contributed by atoms with Crippen LogP contribution in [-0.2, 0) is 4.79 Å². The number of amides is 1. The maximum absolute atomic E-state index is 12.0. The molecule has 0 fully saturated rings. The third-order valence-electron chi connectivity index (χ3n) is 3.77. The number of nitrogens with zero attached hydrogens (tertiary/aromatic N) is 1. The van der Waals surface area contributed by atoms with Crippen molar-refractivity contribution in [2.24, 2.45) is 0 Å². The van der Waals surface area contributed by atoms with Crippen LogP contribution >= 0.6 is 12.2 Å². The number of anilines is 1. The van der Waals surface area contributed by atoms with Crippen LogP contribution in [0.2, 0.25) is 0 Å². The van der Waals surface area contributed by atoms with Crippen molar-refractivity contribution in [2.75, 3.05) is 5.32 Å². The van der Waals surface area contributed by atoms with Gasteiger partial charge in [-0.25, -0.2) is 0 Å². The minimum absolute atomic E-state index is 0.0412. The second-order valence-corrected chi connectivity index (χ2v) is 6.40. The number of nitro groups is 1. The summed E-state index contributed by atoms with van der Waals surface area (Å²) in [5.41, 5.74) is 1.21. The van der Waals surface area contributed by atoms with Gasteiger partial charge in [0.05, 0.1) is 11.0 Å². The number of carbonyl (C=O) groups excluding carboxylic acids is 1. The molecule has 0 heterocycles. The van der Waals surface area contributed by atoms with E-state index < -0.39 is 10.8 Å². The molecule has 0 aromatic heterocycles. The highest BCUT2D eigenvalue weighted by Crippen LogP contribution is 2.17. The van der Waals surface area contributed by atoms with Gasteiger partial charge in [-0.15, -0.1) is 0 Å². The highest BCUT2D eigenvalue weighted by Gasteiger charge is 2.06. The van der Waals surface area contributed by atoms with Gasteiger partial charge in [-0.3, -0.25) is 20.2 Å². The van der Waals surface area contributed by atoms with Crippen LogP contribution in [0.3, 0.4) is 0 Å². The Balaban J connectivity index is 1.87. The molecule has 2 rings (SSSR count). The number of hydrogen-bond acceptors (Lipinski definition) is 5. The van der Waals surface area contributed by atoms with Gasteiger partial charge in [0.2, 0.25) is 5.91 Å². The lowest BCUT2D eigenvalue weighted by molar-refractivity contribution is -0.384. The second-order valence-electron chi connectivity index (χ2n) is 5.99. The fourth-order valence-electron chi connectivity index (χ4n) is 2.16. The number of non-ortho nitro benzene ring substituents is 1. The van der Waals surface area contributed by atoms with E-state index >= 15 is 0 Å². The van der Waals surface area contributed by atoms with Gasteiger partial charge in [-0.05, 0) is 61.5 Å². The topological polar surface area (TPSA) is 93.5 Å². The fourth-order valence-corrected chi connectivity index (χ4v) is 2.38. The van der Waals surface area contributed by atoms with Crippen molar-refractivity contribution < 1.29 is 14.5 Å². The molecule has 2 N–H and O–H groups in total. The summed E-state index contributed by atoms with van der Waals surface area (Å²) in [4.78, 5) is 22.2. The molecule has 1 atom stereocenters. The second kappa shape index (κ2) is 10.2. The number of ether oxygens (including phenoxy) is 1. The largest absolute Gasteiger partial charge is 0.491 e. The van der Waals surface area contributed by atoms with E-state index in [1.54, 1.807) is 24.3 Å². The molecule has 0 aliphatic rings. The molecular formula is C20H21N3O4S. The molecule has 0 radical (unpaired) electrons. The Hall–Kier alpha value is -3.26. The van der Waals surface area contributed by atoms with Crippen molar-refractivity contribution in [1.82, 2.24) is 5.32 Å². The summed E-state index contributed by atoms with van der Waals surface area (Å²) in [6.07, 6.45) is 3.79. The summed E-state index contributed by atoms with van der Waals surface area (Å²) in [6, 6.07) is 13.2. The average Bonchev–Trinajstić information content (AvgIpc) is 2.68. The van der Waals surface area contributed by atoms with E-state index in [-0.39, 0.29) is 16.9 Å². The number of benzene rings is 2. The number of hydrogen-bond donors (Lipinski definition) is 2. The van der Waals surface area contributed by atoms with E-state index in [2.05, 4.69) is 17.6 Å². The lowest BCUT2D eigenvalue weighted by Gasteiger charge is -2.13. The first-order chi connectivity index (χ1) is 13.4. The Kier molecular flexibility index (Phi) is 7.65. The van der Waals surface area contributed by atoms with Gasteiger partial charge < -0.3 is 10.1 Å². The minimum Gasteiger partial charge on any atom is -0.491 e. The summed E-state index contributed by atoms with van der Waals surface area (Å²) in [5, 5.41) is 16.3. The van der Waals surface area contributed by atoms with E-state index in [9.17, 15) is 14.9 Å². The molecule has 146 valence electrons. The zero-order valence-corrected chi connectivity index (χ0v) is 16.4. The van der Waals surface area contributed by atoms with Crippen molar-refractivity contribution in [3.8, 4) is 5.75 Å². The zero-order chi connectivity index (χ0) is 20.5. The smallest absolute Gasteiger partial charge is 0.270 e. The molecule has 0 aliphatic heterocycles. The summed E-state index contributed by atoms with van der Waals surface area (Å²) in [5.74, 6) is 0.315. The van der Waals surface area contributed by atoms with Gasteiger partial charge >= 0.3 is 0 Å². The van der Waals surface area contributed by atoms with Gasteiger partial charge in [0.25, 0.3) is 5.69 Å². The molecule has 2 aromatic carbocycles. The quantitative estimate of drug-likeness (QED) is 0.312. The molecule has 1 amide bonds. The highest BCUT2D eigenvalue weighted by molar-refractivity contribution is 7.80. The predicted octanol–water partition coefficient (Wildman–Crippen LogP) is 4.30. The van der Waals surface area contributed by atoms with Crippen LogP contribution in [0.15, 0.2) is 54.6 Å². The summed E-state index contributed by atoms with van der Waals surface area (Å²) in [6.45, 7) is 4.05. The van der Waals surface area contributed by atoms with Crippen LogP contribution in [0, 0.1) is 10.1 Å². The average molecular weight is 399 g/mol. The van der Waals surface area contributed by atoms with Gasteiger partial charge in [0.15, 0.2) is 5.11 Å². The Morgan fingerprint density at radius 3 is 2.64 bits per heavy atom. The molecule has 0 saturated heterocycles. The van der Waals surface area contributed by atoms with Gasteiger partial charge in [0.1, 0.15) is 5.75 Å². The zero-order valence-electron chi connectivity index (χ0n) is 15.5. The Bertz CT molecular complexity index is 881. The molecule has 0 bridgehead atoms. The molecule has 0 spiro atoms. The van der Waals surface area contributed by atoms with Gasteiger partial charge in [-0.2, -0.15) is 0 Å². The molecule has 8 heteroatoms. The van der Waals surface area contributed by atoms with Crippen LogP contribution < -0.4 is 15.4 Å². The number of nitrogens with one attached hydrogen (secondary N) is 2. The van der Waals surface area contributed by atoms with E-state index in [1.807, 2.05) is 19.1 Å². The lowest BCUT2D eigenvalue weighted by atomic mass is 10.2. The fraction of sp³-hybridized carbons (Fsp3) is 0.200. The Morgan fingerprint density at radius 1 is 1.29 bits per heavy atom. The molecule has 0 saturated carbocycles. The van der Waals surface area contributed by atoms with Crippen LogP contribution in [0.4, 0.5) is 11.4 Å². The maximum atomic E-state index is 12.0. The Morgan fingerprint density at radius 2 is 2.00 bits per heavy atom. The monoisotopic (exact) mass is 399 g/mol. The van der Waals surface area contributed by atoms with Gasteiger partial charge in [-0.1, -0.05) is 19.1 Å². The Labute approximate surface area is 168 Å². The van der Waals surface area contributed by atoms with E-state index in [4.69, 9.17) is 17.0 Å². The molecule has 0 aliphatic carbocycles. The SMILES string of the molecule is CCC(C)Oc1ccc(NC(=S)NC(=O)/C=C/c2cccc([N+](=O)[O-])c2)cc1. The maximum Gasteiger partial charge on any atom is 0.270 e. The standard InChI is InChI=1S/C20H21N3O4S/c1-3-14(2)27-18-10-8-16(9-11-18)21-20(28)22-19(24)12-7-15-5-4-6-17(13-15)23(25)26/h4-14H,3H2,1-2H3,(H2,21,22,24,28)/b12-7+. The molecular weight excluding hydrogens is 378 g/mol. The van der Waals surface area contributed by atoms with Crippen LogP contribution in [0.5, 0.6) is 5.75 Å². The van der Waals surface area contributed by atoms with E-state index in [0.29, 0.717) is 11.3 Å². The first-order valence-corrected chi connectivity index (χ1v) is 9.09. The third-order valence-corrected chi connectivity index (χ3v) is 3.97. The summed E-state index contributed by atoms with van der Waals surface area (Å²) < 4.78 is 5.70. The van der Waals surface area contributed by atoms with Crippen molar-refractivity contribution in [2.45, 2.75) is 26.4 Å². The number of nitro benzene ring substituents is 1. The van der Waals surface area contributed by atoms with Crippen molar-refractivity contribution >= 4 is 40.7 Å². The third kappa shape index (κ3) is 6.81. The van der Waals surface area contributed by atoms with Crippen molar-refractivity contribution in [3.05, 3.63) is 70.3 Å². The first kappa shape index (κ1) is 21.0. The van der Waals surface area contributed by atoms with Crippen molar-refractivity contribution in [1.29, 1.82) is 0 Å². The van der Waals surface area contributed by atoms with Crippen LogP contribution in [-0.4, -0.2) is 22.0 Å². The molecule has 2 aromatic rings. The van der Waals surface area contributed by atoms with E-state index in [0.717, 1.165) is 12.2 Å². The highest BCUT2D eigenvalue weighted by atomic mass is 32.1. The minimum atomic E-state index is -0.490. The number of rotatable bonds is 7. The molecule has 28 heavy (non-hydrogen) atoms. The number of thiocarbonyl (C=S) groups is 1. The van der Waals surface area contributed by atoms with Gasteiger partial charge in [0, 0.05) is 23.9 Å². The summed E-state index contributed by atoms with van der Waals surface area (Å²) >= 11 is 5.12. The van der Waals surface area contributed by atoms with Crippen LogP contribution in [0.25, 0.3) is 6.08 Å². The summed E-state index contributed by atoms with van der Waals surface area (Å²) in [7, 11) is 0. The predicted molar refractivity (Wildman–Crippen MR) is 113 cm³/mol. The van der Waals surface area contributed by atoms with Crippen molar-refractivity contribution in [3.63, 3.8) is 0 Å². The first-order valence-electron chi connectivity index (χ1n) is 8.68.